The van der Waals surface area contributed by atoms with Gasteiger partial charge in [0.15, 0.2) is 5.82 Å². The lowest BCUT2D eigenvalue weighted by molar-refractivity contribution is 0.0655. The lowest BCUT2D eigenvalue weighted by Crippen LogP contribution is -2.43. The van der Waals surface area contributed by atoms with Crippen molar-refractivity contribution in [2.45, 2.75) is 72.1 Å². The summed E-state index contributed by atoms with van der Waals surface area (Å²) in [5.41, 5.74) is 2.24. The molecule has 2 aliphatic rings. The van der Waals surface area contributed by atoms with Gasteiger partial charge >= 0.3 is 0 Å². The first kappa shape index (κ1) is 41.9. The standard InChI is InChI=1S/C20H21F3N6O.C20H22F2N6O2/c1-10-4-5-28(19(30)13-6-11(2)26-12(3)17(13)21)8-14(10)16-7-15(18(22)23)27-20-24-9-25-29(16)20;1-11-4-5-27(19(29)13-6-12(2)25-17(7-13)30-3)9-14(11)16-8-15(18(21)22)26-20-23-10-24-28(16)20/h6-7,9-10,14,18H,4-5,8H2,1-3H3;6-8,10-11,14,18H,4-5,9H2,1-3H3/t10-,14-;11-,14-/m11/s1. The Labute approximate surface area is 341 Å². The van der Waals surface area contributed by atoms with Gasteiger partial charge in [0.1, 0.15) is 24.0 Å². The van der Waals surface area contributed by atoms with Gasteiger partial charge in [-0.1, -0.05) is 13.8 Å². The number of methoxy groups -OCH3 is 1. The van der Waals surface area contributed by atoms with Crippen LogP contribution in [-0.4, -0.2) is 104 Å². The first-order valence-corrected chi connectivity index (χ1v) is 19.4. The molecular formula is C40H43F5N12O3. The average molecular weight is 835 g/mol. The molecule has 8 heterocycles. The number of likely N-dealkylation sites (tertiary alicyclic amines) is 2. The second-order valence-corrected chi connectivity index (χ2v) is 15.3. The summed E-state index contributed by atoms with van der Waals surface area (Å²) in [6, 6.07) is 7.47. The number of fused-ring (bicyclic) bond motifs is 2. The fraction of sp³-hybridized carbons (Fsp3) is 0.450. The van der Waals surface area contributed by atoms with Crippen molar-refractivity contribution in [1.29, 1.82) is 0 Å². The lowest BCUT2D eigenvalue weighted by Gasteiger charge is -2.37. The molecule has 15 nitrogen and oxygen atoms in total. The van der Waals surface area contributed by atoms with E-state index >= 15 is 0 Å². The maximum absolute atomic E-state index is 14.6. The summed E-state index contributed by atoms with van der Waals surface area (Å²) >= 11 is 0. The van der Waals surface area contributed by atoms with Crippen LogP contribution in [0.2, 0.25) is 0 Å². The lowest BCUT2D eigenvalue weighted by atomic mass is 9.84. The van der Waals surface area contributed by atoms with Gasteiger partial charge in [0, 0.05) is 61.0 Å². The number of carbonyl (C=O) groups excluding carboxylic acids is 2. The van der Waals surface area contributed by atoms with Gasteiger partial charge in [-0.15, -0.1) is 0 Å². The van der Waals surface area contributed by atoms with Gasteiger partial charge in [0.05, 0.1) is 29.8 Å². The van der Waals surface area contributed by atoms with E-state index in [1.165, 1.54) is 53.9 Å². The number of hydrogen-bond donors (Lipinski definition) is 0. The highest BCUT2D eigenvalue weighted by Gasteiger charge is 2.35. The fourth-order valence-corrected chi connectivity index (χ4v) is 7.93. The van der Waals surface area contributed by atoms with Crippen molar-refractivity contribution in [2.24, 2.45) is 11.8 Å². The summed E-state index contributed by atoms with van der Waals surface area (Å²) in [7, 11) is 1.50. The zero-order valence-electron chi connectivity index (χ0n) is 33.7. The monoisotopic (exact) mass is 834 g/mol. The second-order valence-electron chi connectivity index (χ2n) is 15.3. The van der Waals surface area contributed by atoms with Gasteiger partial charge in [-0.2, -0.15) is 20.2 Å². The van der Waals surface area contributed by atoms with Gasteiger partial charge in [-0.05, 0) is 69.7 Å². The topological polar surface area (TPSA) is 162 Å². The number of amides is 2. The van der Waals surface area contributed by atoms with Gasteiger partial charge < -0.3 is 14.5 Å². The van der Waals surface area contributed by atoms with Crippen LogP contribution in [0.1, 0.15) is 112 Å². The SMILES string of the molecule is COc1cc(C(=O)N2CC[C@@H](C)[C@H](c3cc(C(F)F)nc4ncnn34)C2)cc(C)n1.Cc1cc(C(=O)N2CC[C@@H](C)[C@H](c3cc(C(F)F)nc4ncnn34)C2)c(F)c(C)n1. The fourth-order valence-electron chi connectivity index (χ4n) is 7.93. The molecule has 0 N–H and O–H groups in total. The van der Waals surface area contributed by atoms with Crippen LogP contribution >= 0.6 is 0 Å². The van der Waals surface area contributed by atoms with Crippen LogP contribution in [0.3, 0.4) is 0 Å². The summed E-state index contributed by atoms with van der Waals surface area (Å²) in [4.78, 5) is 53.5. The number of aromatic nitrogens is 10. The van der Waals surface area contributed by atoms with Crippen molar-refractivity contribution in [3.8, 4) is 5.88 Å². The largest absolute Gasteiger partial charge is 0.481 e. The number of pyridine rings is 2. The number of alkyl halides is 4. The number of piperidine rings is 2. The molecule has 316 valence electrons. The Balaban J connectivity index is 0.000000181. The first-order valence-electron chi connectivity index (χ1n) is 19.4. The third kappa shape index (κ3) is 8.44. The highest BCUT2D eigenvalue weighted by Crippen LogP contribution is 2.36. The van der Waals surface area contributed by atoms with Crippen molar-refractivity contribution in [1.82, 2.24) is 58.9 Å². The smallest absolute Gasteiger partial charge is 0.280 e. The molecular weight excluding hydrogens is 792 g/mol. The molecule has 0 bridgehead atoms. The highest BCUT2D eigenvalue weighted by atomic mass is 19.3. The predicted molar refractivity (Wildman–Crippen MR) is 206 cm³/mol. The molecule has 0 spiro atoms. The van der Waals surface area contributed by atoms with Crippen LogP contribution in [0, 0.1) is 38.4 Å². The van der Waals surface area contributed by atoms with Crippen molar-refractivity contribution >= 4 is 23.4 Å². The second kappa shape index (κ2) is 17.2. The van der Waals surface area contributed by atoms with Crippen LogP contribution in [0.4, 0.5) is 22.0 Å². The van der Waals surface area contributed by atoms with E-state index in [4.69, 9.17) is 4.74 Å². The average Bonchev–Trinajstić information content (AvgIpc) is 3.92. The maximum Gasteiger partial charge on any atom is 0.280 e. The molecule has 0 saturated carbocycles. The van der Waals surface area contributed by atoms with Crippen LogP contribution in [0.5, 0.6) is 5.88 Å². The minimum Gasteiger partial charge on any atom is -0.481 e. The van der Waals surface area contributed by atoms with Crippen LogP contribution in [0.15, 0.2) is 43.0 Å². The summed E-state index contributed by atoms with van der Waals surface area (Å²) in [6.07, 6.45) is -1.53. The Morgan fingerprint density at radius 3 is 1.70 bits per heavy atom. The van der Waals surface area contributed by atoms with Crippen LogP contribution < -0.4 is 4.74 Å². The quantitative estimate of drug-likeness (QED) is 0.161. The molecule has 8 rings (SSSR count). The number of carbonyl (C=O) groups is 2. The Hall–Kier alpha value is -6.21. The Morgan fingerprint density at radius 2 is 1.20 bits per heavy atom. The van der Waals surface area contributed by atoms with Crippen molar-refractivity contribution in [3.63, 3.8) is 0 Å². The number of aryl methyl sites for hydroxylation is 3. The van der Waals surface area contributed by atoms with Crippen molar-refractivity contribution < 1.29 is 36.3 Å². The molecule has 2 amide bonds. The van der Waals surface area contributed by atoms with E-state index in [1.807, 2.05) is 6.92 Å². The summed E-state index contributed by atoms with van der Waals surface area (Å²) in [6.45, 7) is 10.7. The van der Waals surface area contributed by atoms with Crippen LogP contribution in [-0.2, 0) is 0 Å². The predicted octanol–water partition coefficient (Wildman–Crippen LogP) is 6.52. The minimum atomic E-state index is -2.75. The van der Waals surface area contributed by atoms with E-state index < -0.39 is 24.6 Å². The number of hydrogen-bond acceptors (Lipinski definition) is 11. The van der Waals surface area contributed by atoms with Gasteiger partial charge in [-0.3, -0.25) is 14.6 Å². The zero-order chi connectivity index (χ0) is 43.0. The maximum atomic E-state index is 14.6. The van der Waals surface area contributed by atoms with Crippen LogP contribution in [0.25, 0.3) is 11.6 Å². The number of rotatable bonds is 7. The Bertz CT molecular complexity index is 2550. The molecule has 4 atom stereocenters. The van der Waals surface area contributed by atoms with E-state index in [1.54, 1.807) is 35.8 Å². The molecule has 6 aromatic rings. The molecule has 20 heteroatoms. The van der Waals surface area contributed by atoms with E-state index in [-0.39, 0.29) is 70.3 Å². The summed E-state index contributed by atoms with van der Waals surface area (Å²) in [5, 5.41) is 8.28. The molecule has 2 aliphatic heterocycles. The Morgan fingerprint density at radius 1 is 0.700 bits per heavy atom. The summed E-state index contributed by atoms with van der Waals surface area (Å²) < 4.78 is 76.1. The number of halogens is 5. The van der Waals surface area contributed by atoms with Gasteiger partial charge in [-0.25, -0.2) is 45.9 Å². The van der Waals surface area contributed by atoms with E-state index in [0.29, 0.717) is 60.3 Å². The molecule has 2 saturated heterocycles. The van der Waals surface area contributed by atoms with Crippen molar-refractivity contribution in [3.05, 3.63) is 99.8 Å². The number of ether oxygens (including phenoxy) is 1. The highest BCUT2D eigenvalue weighted by molar-refractivity contribution is 5.95. The molecule has 0 unspecified atom stereocenters. The molecule has 0 radical (unpaired) electrons. The molecule has 6 aromatic heterocycles. The minimum absolute atomic E-state index is 0.0257. The van der Waals surface area contributed by atoms with Crippen molar-refractivity contribution in [2.75, 3.05) is 33.3 Å². The molecule has 60 heavy (non-hydrogen) atoms. The molecule has 2 fully saturated rings. The third-order valence-electron chi connectivity index (χ3n) is 11.2. The normalized spacial score (nSPS) is 19.6. The van der Waals surface area contributed by atoms with Gasteiger partial charge in [0.2, 0.25) is 5.88 Å². The Kier molecular flexibility index (Phi) is 12.0. The van der Waals surface area contributed by atoms with E-state index in [2.05, 4.69) is 47.0 Å². The molecule has 0 aromatic carbocycles. The van der Waals surface area contributed by atoms with E-state index in [0.717, 1.165) is 6.42 Å². The van der Waals surface area contributed by atoms with Gasteiger partial charge in [0.25, 0.3) is 36.2 Å². The number of nitrogens with zero attached hydrogens (tertiary/aromatic N) is 12. The zero-order valence-corrected chi connectivity index (χ0v) is 33.7. The third-order valence-corrected chi connectivity index (χ3v) is 11.2. The summed E-state index contributed by atoms with van der Waals surface area (Å²) in [5.74, 6) is -0.814. The van der Waals surface area contributed by atoms with E-state index in [9.17, 15) is 31.5 Å². The first-order chi connectivity index (χ1) is 28.6. The molecule has 0 aliphatic carbocycles.